The normalized spacial score (nSPS) is 10.7. The Balaban J connectivity index is 2.75. The number of benzene rings is 1. The zero-order chi connectivity index (χ0) is 14.9. The first-order valence-corrected chi connectivity index (χ1v) is 6.93. The molecule has 2 heteroatoms. The number of hydrogen-bond acceptors (Lipinski definition) is 2. The van der Waals surface area contributed by atoms with Crippen LogP contribution >= 0.6 is 0 Å². The molecule has 1 aromatic heterocycles. The zero-order valence-electron chi connectivity index (χ0n) is 12.8. The van der Waals surface area contributed by atoms with Crippen molar-refractivity contribution >= 4 is 0 Å². The highest BCUT2D eigenvalue weighted by atomic mass is 14.7. The maximum absolute atomic E-state index is 9.36. The number of pyridine rings is 1. The standard InChI is InChI=1S/C18H20N2/c1-11(2)16-7-6-15(10-19)18(20-16)17-13(4)8-12(3)9-14(17)5/h6-9,11H,1-5H3. The van der Waals surface area contributed by atoms with Crippen LogP contribution in [-0.4, -0.2) is 4.98 Å². The second kappa shape index (κ2) is 5.46. The van der Waals surface area contributed by atoms with E-state index in [4.69, 9.17) is 4.98 Å². The van der Waals surface area contributed by atoms with Crippen LogP contribution in [0.3, 0.4) is 0 Å². The second-order valence-corrected chi connectivity index (χ2v) is 5.67. The molecule has 0 saturated heterocycles. The van der Waals surface area contributed by atoms with E-state index in [-0.39, 0.29) is 0 Å². The quantitative estimate of drug-likeness (QED) is 0.790. The number of nitrogens with zero attached hydrogens (tertiary/aromatic N) is 2. The lowest BCUT2D eigenvalue weighted by atomic mass is 9.94. The highest BCUT2D eigenvalue weighted by Crippen LogP contribution is 2.30. The first kappa shape index (κ1) is 14.3. The molecular formula is C18H20N2. The third-order valence-electron chi connectivity index (χ3n) is 3.54. The lowest BCUT2D eigenvalue weighted by Crippen LogP contribution is -2.00. The Morgan fingerprint density at radius 3 is 2.15 bits per heavy atom. The lowest BCUT2D eigenvalue weighted by molar-refractivity contribution is 0.823. The Bertz CT molecular complexity index is 668. The van der Waals surface area contributed by atoms with Gasteiger partial charge in [0.1, 0.15) is 6.07 Å². The van der Waals surface area contributed by atoms with Gasteiger partial charge in [0, 0.05) is 11.3 Å². The van der Waals surface area contributed by atoms with E-state index in [9.17, 15) is 5.26 Å². The molecule has 2 rings (SSSR count). The van der Waals surface area contributed by atoms with Gasteiger partial charge in [-0.15, -0.1) is 0 Å². The van der Waals surface area contributed by atoms with Crippen LogP contribution in [0.15, 0.2) is 24.3 Å². The number of hydrogen-bond donors (Lipinski definition) is 0. The Hall–Kier alpha value is -2.14. The lowest BCUT2D eigenvalue weighted by Gasteiger charge is -2.14. The van der Waals surface area contributed by atoms with Gasteiger partial charge in [0.25, 0.3) is 0 Å². The number of aromatic nitrogens is 1. The molecule has 0 aliphatic rings. The van der Waals surface area contributed by atoms with E-state index in [1.165, 1.54) is 16.7 Å². The Morgan fingerprint density at radius 2 is 1.65 bits per heavy atom. The van der Waals surface area contributed by atoms with Crippen molar-refractivity contribution in [2.24, 2.45) is 0 Å². The Morgan fingerprint density at radius 1 is 1.05 bits per heavy atom. The predicted octanol–water partition coefficient (Wildman–Crippen LogP) is 4.67. The third kappa shape index (κ3) is 2.58. The molecule has 0 N–H and O–H groups in total. The predicted molar refractivity (Wildman–Crippen MR) is 82.7 cm³/mol. The molecule has 0 bridgehead atoms. The fourth-order valence-corrected chi connectivity index (χ4v) is 2.63. The highest BCUT2D eigenvalue weighted by molar-refractivity contribution is 5.73. The van der Waals surface area contributed by atoms with Crippen LogP contribution in [0.4, 0.5) is 0 Å². The van der Waals surface area contributed by atoms with Gasteiger partial charge in [-0.2, -0.15) is 5.26 Å². The fraction of sp³-hybridized carbons (Fsp3) is 0.333. The van der Waals surface area contributed by atoms with Crippen molar-refractivity contribution in [1.29, 1.82) is 5.26 Å². The van der Waals surface area contributed by atoms with Crippen molar-refractivity contribution in [3.05, 3.63) is 52.2 Å². The summed E-state index contributed by atoms with van der Waals surface area (Å²) in [6, 6.07) is 10.4. The molecule has 0 amide bonds. The van der Waals surface area contributed by atoms with Gasteiger partial charge < -0.3 is 0 Å². The van der Waals surface area contributed by atoms with Crippen molar-refractivity contribution in [2.75, 3.05) is 0 Å². The Labute approximate surface area is 121 Å². The maximum atomic E-state index is 9.36. The minimum Gasteiger partial charge on any atom is -0.251 e. The Kier molecular flexibility index (Phi) is 3.90. The average Bonchev–Trinajstić information content (AvgIpc) is 2.37. The molecule has 1 aromatic carbocycles. The molecule has 1 heterocycles. The zero-order valence-corrected chi connectivity index (χ0v) is 12.8. The summed E-state index contributed by atoms with van der Waals surface area (Å²) in [4.78, 5) is 4.74. The molecule has 2 nitrogen and oxygen atoms in total. The van der Waals surface area contributed by atoms with Gasteiger partial charge in [0.2, 0.25) is 0 Å². The molecule has 0 fully saturated rings. The highest BCUT2D eigenvalue weighted by Gasteiger charge is 2.14. The van der Waals surface area contributed by atoms with Crippen LogP contribution in [-0.2, 0) is 0 Å². The molecule has 0 radical (unpaired) electrons. The first-order valence-electron chi connectivity index (χ1n) is 6.93. The fourth-order valence-electron chi connectivity index (χ4n) is 2.63. The summed E-state index contributed by atoms with van der Waals surface area (Å²) >= 11 is 0. The smallest absolute Gasteiger partial charge is 0.101 e. The van der Waals surface area contributed by atoms with E-state index in [1.54, 1.807) is 0 Å². The summed E-state index contributed by atoms with van der Waals surface area (Å²) in [5, 5.41) is 9.36. The van der Waals surface area contributed by atoms with Crippen molar-refractivity contribution in [3.63, 3.8) is 0 Å². The number of aryl methyl sites for hydroxylation is 3. The summed E-state index contributed by atoms with van der Waals surface area (Å²) in [5.74, 6) is 0.354. The molecule has 20 heavy (non-hydrogen) atoms. The van der Waals surface area contributed by atoms with Gasteiger partial charge in [-0.05, 0) is 49.9 Å². The maximum Gasteiger partial charge on any atom is 0.101 e. The molecule has 0 aliphatic carbocycles. The third-order valence-corrected chi connectivity index (χ3v) is 3.54. The van der Waals surface area contributed by atoms with Gasteiger partial charge in [-0.1, -0.05) is 31.5 Å². The van der Waals surface area contributed by atoms with Crippen LogP contribution in [0.5, 0.6) is 0 Å². The van der Waals surface area contributed by atoms with Crippen molar-refractivity contribution < 1.29 is 0 Å². The van der Waals surface area contributed by atoms with Crippen LogP contribution in [0, 0.1) is 32.1 Å². The molecular weight excluding hydrogens is 244 g/mol. The molecule has 2 aromatic rings. The van der Waals surface area contributed by atoms with Crippen LogP contribution in [0.25, 0.3) is 11.3 Å². The second-order valence-electron chi connectivity index (χ2n) is 5.67. The van der Waals surface area contributed by atoms with Crippen molar-refractivity contribution in [1.82, 2.24) is 4.98 Å². The topological polar surface area (TPSA) is 36.7 Å². The van der Waals surface area contributed by atoms with Gasteiger partial charge in [0.15, 0.2) is 0 Å². The average molecular weight is 264 g/mol. The molecule has 0 aliphatic heterocycles. The van der Waals surface area contributed by atoms with E-state index >= 15 is 0 Å². The first-order chi connectivity index (χ1) is 9.43. The molecule has 0 spiro atoms. The minimum absolute atomic E-state index is 0.354. The molecule has 0 saturated carbocycles. The number of rotatable bonds is 2. The van der Waals surface area contributed by atoms with Crippen LogP contribution < -0.4 is 0 Å². The summed E-state index contributed by atoms with van der Waals surface area (Å²) < 4.78 is 0. The van der Waals surface area contributed by atoms with E-state index in [1.807, 2.05) is 12.1 Å². The van der Waals surface area contributed by atoms with Gasteiger partial charge in [-0.3, -0.25) is 4.98 Å². The minimum atomic E-state index is 0.354. The largest absolute Gasteiger partial charge is 0.251 e. The summed E-state index contributed by atoms with van der Waals surface area (Å²) in [6.07, 6.45) is 0. The van der Waals surface area contributed by atoms with Gasteiger partial charge in [-0.25, -0.2) is 0 Å². The van der Waals surface area contributed by atoms with Crippen molar-refractivity contribution in [3.8, 4) is 17.3 Å². The summed E-state index contributed by atoms with van der Waals surface area (Å²) in [5.41, 5.74) is 7.16. The van der Waals surface area contributed by atoms with Gasteiger partial charge >= 0.3 is 0 Å². The van der Waals surface area contributed by atoms with E-state index in [2.05, 4.69) is 52.8 Å². The molecule has 0 atom stereocenters. The van der Waals surface area contributed by atoms with Gasteiger partial charge in [0.05, 0.1) is 11.3 Å². The van der Waals surface area contributed by atoms with Crippen molar-refractivity contribution in [2.45, 2.75) is 40.5 Å². The molecule has 102 valence electrons. The summed E-state index contributed by atoms with van der Waals surface area (Å²) in [6.45, 7) is 10.5. The monoisotopic (exact) mass is 264 g/mol. The van der Waals surface area contributed by atoms with E-state index in [0.29, 0.717) is 11.5 Å². The molecule has 0 unspecified atom stereocenters. The van der Waals surface area contributed by atoms with Crippen LogP contribution in [0.1, 0.15) is 47.7 Å². The van der Waals surface area contributed by atoms with Crippen LogP contribution in [0.2, 0.25) is 0 Å². The number of nitriles is 1. The summed E-state index contributed by atoms with van der Waals surface area (Å²) in [7, 11) is 0. The van der Waals surface area contributed by atoms with E-state index < -0.39 is 0 Å². The van der Waals surface area contributed by atoms with E-state index in [0.717, 1.165) is 17.0 Å². The SMILES string of the molecule is Cc1cc(C)c(-c2nc(C(C)C)ccc2C#N)c(C)c1.